The van der Waals surface area contributed by atoms with Crippen LogP contribution in [0.15, 0.2) is 47.4 Å². The first-order chi connectivity index (χ1) is 10.9. The van der Waals surface area contributed by atoms with Gasteiger partial charge in [0.1, 0.15) is 10.7 Å². The second-order valence-corrected chi connectivity index (χ2v) is 6.67. The minimum absolute atomic E-state index is 0.00794. The third kappa shape index (κ3) is 2.32. The van der Waals surface area contributed by atoms with Gasteiger partial charge in [-0.2, -0.15) is 0 Å². The van der Waals surface area contributed by atoms with Gasteiger partial charge >= 0.3 is 0 Å². The highest BCUT2D eigenvalue weighted by atomic mass is 32.2. The lowest BCUT2D eigenvalue weighted by Crippen LogP contribution is -2.30. The summed E-state index contributed by atoms with van der Waals surface area (Å²) in [5, 5.41) is 0. The maximum atomic E-state index is 13.8. The predicted octanol–water partition coefficient (Wildman–Crippen LogP) is 1.53. The van der Waals surface area contributed by atoms with Crippen molar-refractivity contribution in [2.75, 3.05) is 11.9 Å². The number of carbonyl (C=O) groups excluding carboxylic acids is 2. The second-order valence-electron chi connectivity index (χ2n) is 4.81. The molecule has 6 nitrogen and oxygen atoms in total. The fourth-order valence-electron chi connectivity index (χ4n) is 2.37. The molecule has 0 fully saturated rings. The quantitative estimate of drug-likeness (QED) is 0.863. The molecule has 0 aliphatic carbocycles. The fourth-order valence-corrected chi connectivity index (χ4v) is 3.19. The largest absolute Gasteiger partial charge is 0.268 e. The molecule has 2 aromatic carbocycles. The standard InChI is InChI=1S/C15H11FN2O4S/c1-17-23(21,22)13-8-9(6-7-12(13)16)18-14(19)10-4-2-3-5-11(10)15(18)20/h2-8,17H,1H3. The van der Waals surface area contributed by atoms with Crippen LogP contribution in [0.1, 0.15) is 20.7 Å². The number of rotatable bonds is 3. The molecule has 2 amide bonds. The molecule has 1 aliphatic heterocycles. The Kier molecular flexibility index (Phi) is 3.50. The Labute approximate surface area is 131 Å². The highest BCUT2D eigenvalue weighted by Crippen LogP contribution is 2.30. The van der Waals surface area contributed by atoms with E-state index < -0.39 is 32.6 Å². The predicted molar refractivity (Wildman–Crippen MR) is 80.2 cm³/mol. The van der Waals surface area contributed by atoms with Crippen molar-refractivity contribution in [1.82, 2.24) is 4.72 Å². The summed E-state index contributed by atoms with van der Waals surface area (Å²) in [6, 6.07) is 9.30. The SMILES string of the molecule is CNS(=O)(=O)c1cc(N2C(=O)c3ccccc3C2=O)ccc1F. The molecule has 3 rings (SSSR count). The topological polar surface area (TPSA) is 83.6 Å². The highest BCUT2D eigenvalue weighted by molar-refractivity contribution is 7.89. The van der Waals surface area contributed by atoms with Gasteiger partial charge < -0.3 is 0 Å². The smallest absolute Gasteiger partial charge is 0.266 e. The molecule has 0 unspecified atom stereocenters. The second kappa shape index (κ2) is 5.25. The van der Waals surface area contributed by atoms with E-state index in [-0.39, 0.29) is 16.8 Å². The first-order valence-corrected chi connectivity index (χ1v) is 8.06. The molecule has 0 atom stereocenters. The van der Waals surface area contributed by atoms with E-state index in [0.717, 1.165) is 24.1 Å². The summed E-state index contributed by atoms with van der Waals surface area (Å²) in [4.78, 5) is 24.9. The molecule has 0 radical (unpaired) electrons. The number of amides is 2. The number of nitrogens with one attached hydrogen (secondary N) is 1. The van der Waals surface area contributed by atoms with Crippen LogP contribution in [-0.4, -0.2) is 27.3 Å². The normalized spacial score (nSPS) is 14.3. The van der Waals surface area contributed by atoms with E-state index in [2.05, 4.69) is 0 Å². The first-order valence-electron chi connectivity index (χ1n) is 6.58. The lowest BCUT2D eigenvalue weighted by Gasteiger charge is -2.15. The van der Waals surface area contributed by atoms with Crippen LogP contribution < -0.4 is 9.62 Å². The van der Waals surface area contributed by atoms with Gasteiger partial charge in [0.2, 0.25) is 10.0 Å². The zero-order valence-corrected chi connectivity index (χ0v) is 12.7. The van der Waals surface area contributed by atoms with E-state index in [1.807, 2.05) is 4.72 Å². The number of anilines is 1. The van der Waals surface area contributed by atoms with E-state index in [4.69, 9.17) is 0 Å². The van der Waals surface area contributed by atoms with Crippen molar-refractivity contribution in [3.63, 3.8) is 0 Å². The van der Waals surface area contributed by atoms with Crippen LogP contribution in [0.5, 0.6) is 0 Å². The summed E-state index contributed by atoms with van der Waals surface area (Å²) in [6.45, 7) is 0. The van der Waals surface area contributed by atoms with Crippen LogP contribution in [0, 0.1) is 5.82 Å². The Balaban J connectivity index is 2.13. The summed E-state index contributed by atoms with van der Waals surface area (Å²) in [6.07, 6.45) is 0. The van der Waals surface area contributed by atoms with Gasteiger partial charge in [0.25, 0.3) is 11.8 Å². The number of fused-ring (bicyclic) bond motifs is 1. The molecule has 1 heterocycles. The molecular formula is C15H11FN2O4S. The van der Waals surface area contributed by atoms with E-state index in [1.54, 1.807) is 12.1 Å². The summed E-state index contributed by atoms with van der Waals surface area (Å²) in [5.41, 5.74) is 0.436. The lowest BCUT2D eigenvalue weighted by atomic mass is 10.1. The molecule has 8 heteroatoms. The Morgan fingerprint density at radius 3 is 2.09 bits per heavy atom. The van der Waals surface area contributed by atoms with Gasteiger partial charge in [-0.25, -0.2) is 22.4 Å². The maximum absolute atomic E-state index is 13.8. The van der Waals surface area contributed by atoms with Crippen LogP contribution in [0.2, 0.25) is 0 Å². The third-order valence-corrected chi connectivity index (χ3v) is 4.95. The first kappa shape index (κ1) is 15.3. The van der Waals surface area contributed by atoms with Crippen LogP contribution in [0.4, 0.5) is 10.1 Å². The minimum atomic E-state index is -4.06. The van der Waals surface area contributed by atoms with E-state index >= 15 is 0 Å². The number of nitrogens with zero attached hydrogens (tertiary/aromatic N) is 1. The van der Waals surface area contributed by atoms with Gasteiger partial charge in [0.05, 0.1) is 16.8 Å². The number of imide groups is 1. The molecule has 23 heavy (non-hydrogen) atoms. The van der Waals surface area contributed by atoms with Crippen molar-refractivity contribution >= 4 is 27.5 Å². The molecule has 0 saturated carbocycles. The average Bonchev–Trinajstić information content (AvgIpc) is 2.80. The summed E-state index contributed by atoms with van der Waals surface area (Å²) in [7, 11) is -2.92. The van der Waals surface area contributed by atoms with E-state index in [1.165, 1.54) is 18.2 Å². The molecule has 0 bridgehead atoms. The number of benzene rings is 2. The van der Waals surface area contributed by atoms with Crippen LogP contribution in [-0.2, 0) is 10.0 Å². The van der Waals surface area contributed by atoms with Gasteiger partial charge in [0, 0.05) is 0 Å². The van der Waals surface area contributed by atoms with Crippen LogP contribution >= 0.6 is 0 Å². The van der Waals surface area contributed by atoms with Gasteiger partial charge in [0.15, 0.2) is 0 Å². The molecule has 1 aliphatic rings. The van der Waals surface area contributed by atoms with Crippen molar-refractivity contribution in [1.29, 1.82) is 0 Å². The number of carbonyl (C=O) groups is 2. The van der Waals surface area contributed by atoms with Gasteiger partial charge in [-0.15, -0.1) is 0 Å². The molecule has 0 saturated heterocycles. The highest BCUT2D eigenvalue weighted by Gasteiger charge is 2.37. The van der Waals surface area contributed by atoms with Gasteiger partial charge in [-0.05, 0) is 37.4 Å². The Morgan fingerprint density at radius 2 is 1.57 bits per heavy atom. The summed E-state index contributed by atoms with van der Waals surface area (Å²) >= 11 is 0. The van der Waals surface area contributed by atoms with E-state index in [0.29, 0.717) is 0 Å². The van der Waals surface area contributed by atoms with Crippen molar-refractivity contribution in [2.45, 2.75) is 4.90 Å². The Hall–Kier alpha value is -2.58. The minimum Gasteiger partial charge on any atom is -0.268 e. The third-order valence-electron chi connectivity index (χ3n) is 3.53. The molecule has 1 N–H and O–H groups in total. The van der Waals surface area contributed by atoms with E-state index in [9.17, 15) is 22.4 Å². The van der Waals surface area contributed by atoms with Crippen molar-refractivity contribution < 1.29 is 22.4 Å². The summed E-state index contributed by atoms with van der Waals surface area (Å²) < 4.78 is 39.4. The lowest BCUT2D eigenvalue weighted by molar-refractivity contribution is 0.0926. The molecular weight excluding hydrogens is 323 g/mol. The number of halogens is 1. The van der Waals surface area contributed by atoms with Gasteiger partial charge in [-0.3, -0.25) is 9.59 Å². The van der Waals surface area contributed by atoms with Gasteiger partial charge in [-0.1, -0.05) is 12.1 Å². The Bertz CT molecular complexity index is 905. The molecule has 118 valence electrons. The fraction of sp³-hybridized carbons (Fsp3) is 0.0667. The van der Waals surface area contributed by atoms with Crippen molar-refractivity contribution in [3.05, 3.63) is 59.4 Å². The Morgan fingerprint density at radius 1 is 1.00 bits per heavy atom. The van der Waals surface area contributed by atoms with Crippen LogP contribution in [0.25, 0.3) is 0 Å². The zero-order chi connectivity index (χ0) is 16.8. The average molecular weight is 334 g/mol. The summed E-state index contributed by atoms with van der Waals surface area (Å²) in [5.74, 6) is -2.13. The molecule has 2 aromatic rings. The van der Waals surface area contributed by atoms with Crippen LogP contribution in [0.3, 0.4) is 0 Å². The monoisotopic (exact) mass is 334 g/mol. The van der Waals surface area contributed by atoms with Crippen molar-refractivity contribution in [2.24, 2.45) is 0 Å². The molecule has 0 aromatic heterocycles. The molecule has 0 spiro atoms. The van der Waals surface area contributed by atoms with Crippen molar-refractivity contribution in [3.8, 4) is 0 Å². The number of sulfonamides is 1. The number of hydrogen-bond acceptors (Lipinski definition) is 4. The zero-order valence-electron chi connectivity index (χ0n) is 11.9. The number of hydrogen-bond donors (Lipinski definition) is 1. The maximum Gasteiger partial charge on any atom is 0.266 e.